The van der Waals surface area contributed by atoms with Crippen LogP contribution in [0, 0.1) is 0 Å². The van der Waals surface area contributed by atoms with Gasteiger partial charge in [-0.05, 0) is 6.07 Å². The largest absolute Gasteiger partial charge is 0.493 e. The molecule has 2 rings (SSSR count). The van der Waals surface area contributed by atoms with Gasteiger partial charge in [-0.15, -0.1) is 0 Å². The summed E-state index contributed by atoms with van der Waals surface area (Å²) in [5.41, 5.74) is 0.130. The Morgan fingerprint density at radius 1 is 1.40 bits per heavy atom. The van der Waals surface area contributed by atoms with Gasteiger partial charge in [-0.3, -0.25) is 4.79 Å². The second-order valence-corrected chi connectivity index (χ2v) is 7.04. The first-order valence-electron chi connectivity index (χ1n) is 5.74. The number of ether oxygens (including phenoxy) is 2. The van der Waals surface area contributed by atoms with E-state index >= 15 is 0 Å². The first-order valence-corrected chi connectivity index (χ1v) is 7.94. The van der Waals surface area contributed by atoms with E-state index in [4.69, 9.17) is 21.1 Å². The van der Waals surface area contributed by atoms with Crippen LogP contribution in [0.3, 0.4) is 0 Å². The number of benzene rings is 1. The van der Waals surface area contributed by atoms with E-state index in [1.165, 1.54) is 19.2 Å². The van der Waals surface area contributed by atoms with Gasteiger partial charge in [-0.25, -0.2) is 8.42 Å². The van der Waals surface area contributed by atoms with E-state index in [0.29, 0.717) is 6.29 Å². The highest BCUT2D eigenvalue weighted by atomic mass is 35.5. The first-order chi connectivity index (χ1) is 9.36. The van der Waals surface area contributed by atoms with Crippen LogP contribution in [-0.2, 0) is 9.84 Å². The molecule has 6 nitrogen and oxygen atoms in total. The van der Waals surface area contributed by atoms with Gasteiger partial charge in [-0.2, -0.15) is 0 Å². The van der Waals surface area contributed by atoms with Crippen LogP contribution in [0.15, 0.2) is 12.1 Å². The molecule has 1 aliphatic heterocycles. The highest BCUT2D eigenvalue weighted by Gasteiger charge is 2.39. The van der Waals surface area contributed by atoms with Crippen LogP contribution in [-0.4, -0.2) is 50.6 Å². The molecule has 8 heteroatoms. The van der Waals surface area contributed by atoms with E-state index < -0.39 is 22.0 Å². The molecule has 1 aromatic rings. The van der Waals surface area contributed by atoms with Gasteiger partial charge >= 0.3 is 0 Å². The molecule has 110 valence electrons. The van der Waals surface area contributed by atoms with E-state index in [-0.39, 0.29) is 33.6 Å². The highest BCUT2D eigenvalue weighted by Crippen LogP contribution is 2.35. The molecule has 1 aliphatic rings. The van der Waals surface area contributed by atoms with Crippen molar-refractivity contribution < 1.29 is 27.8 Å². The standard InChI is InChI=1S/C12H13ClO6S/c1-18-10-3-8(13)2-7(4-14)12(10)19-11-6-20(16,17)5-9(11)15/h2-4,9,11,15H,5-6H2,1H3. The molecule has 1 N–H and O–H groups in total. The Labute approximate surface area is 121 Å². The molecule has 0 amide bonds. The smallest absolute Gasteiger partial charge is 0.172 e. The van der Waals surface area contributed by atoms with Crippen molar-refractivity contribution in [3.8, 4) is 11.5 Å². The number of hydrogen-bond donors (Lipinski definition) is 1. The lowest BCUT2D eigenvalue weighted by molar-refractivity contribution is 0.0708. The van der Waals surface area contributed by atoms with Crippen LogP contribution < -0.4 is 9.47 Å². The SMILES string of the molecule is COc1cc(Cl)cc(C=O)c1OC1CS(=O)(=O)CC1O. The van der Waals surface area contributed by atoms with E-state index in [9.17, 15) is 18.3 Å². The van der Waals surface area contributed by atoms with Crippen molar-refractivity contribution in [2.24, 2.45) is 0 Å². The number of hydrogen-bond acceptors (Lipinski definition) is 6. The zero-order valence-electron chi connectivity index (χ0n) is 10.6. The maximum absolute atomic E-state index is 11.4. The molecule has 0 saturated carbocycles. The summed E-state index contributed by atoms with van der Waals surface area (Å²) in [6, 6.07) is 2.82. The first kappa shape index (κ1) is 15.1. The van der Waals surface area contributed by atoms with Crippen molar-refractivity contribution in [3.05, 3.63) is 22.7 Å². The molecule has 0 bridgehead atoms. The van der Waals surface area contributed by atoms with Gasteiger partial charge in [0.2, 0.25) is 0 Å². The third-order valence-electron chi connectivity index (χ3n) is 2.94. The molecule has 1 heterocycles. The minimum absolute atomic E-state index is 0.0769. The number of rotatable bonds is 4. The molecule has 20 heavy (non-hydrogen) atoms. The number of aliphatic hydroxyl groups is 1. The number of halogens is 1. The fraction of sp³-hybridized carbons (Fsp3) is 0.417. The quantitative estimate of drug-likeness (QED) is 0.821. The zero-order chi connectivity index (χ0) is 14.9. The normalized spacial score (nSPS) is 24.4. The Balaban J connectivity index is 2.36. The van der Waals surface area contributed by atoms with Gasteiger partial charge in [0.25, 0.3) is 0 Å². The Bertz CT molecular complexity index is 627. The number of aliphatic hydroxyl groups excluding tert-OH is 1. The summed E-state index contributed by atoms with van der Waals surface area (Å²) in [6.45, 7) is 0. The maximum Gasteiger partial charge on any atom is 0.172 e. The van der Waals surface area contributed by atoms with Crippen LogP contribution in [0.1, 0.15) is 10.4 Å². The van der Waals surface area contributed by atoms with Gasteiger partial charge in [0.05, 0.1) is 24.2 Å². The Kier molecular flexibility index (Phi) is 4.22. The van der Waals surface area contributed by atoms with Gasteiger partial charge < -0.3 is 14.6 Å². The number of carbonyl (C=O) groups excluding carboxylic acids is 1. The summed E-state index contributed by atoms with van der Waals surface area (Å²) in [7, 11) is -1.97. The van der Waals surface area contributed by atoms with Crippen molar-refractivity contribution in [1.82, 2.24) is 0 Å². The highest BCUT2D eigenvalue weighted by molar-refractivity contribution is 7.91. The fourth-order valence-electron chi connectivity index (χ4n) is 2.01. The number of aldehydes is 1. The van der Waals surface area contributed by atoms with Crippen molar-refractivity contribution in [2.75, 3.05) is 18.6 Å². The lowest BCUT2D eigenvalue weighted by Gasteiger charge is -2.19. The second kappa shape index (κ2) is 5.59. The minimum Gasteiger partial charge on any atom is -0.493 e. The molecule has 0 radical (unpaired) electrons. The van der Waals surface area contributed by atoms with Gasteiger partial charge in [0.1, 0.15) is 12.2 Å². The molecule has 0 spiro atoms. The van der Waals surface area contributed by atoms with Crippen LogP contribution in [0.25, 0.3) is 0 Å². The Morgan fingerprint density at radius 3 is 2.60 bits per heavy atom. The molecule has 1 saturated heterocycles. The molecular weight excluding hydrogens is 308 g/mol. The number of sulfone groups is 1. The van der Waals surface area contributed by atoms with Crippen LogP contribution >= 0.6 is 11.6 Å². The average Bonchev–Trinajstić information content (AvgIpc) is 2.63. The van der Waals surface area contributed by atoms with Crippen molar-refractivity contribution in [1.29, 1.82) is 0 Å². The number of methoxy groups -OCH3 is 1. The van der Waals surface area contributed by atoms with Crippen LogP contribution in [0.4, 0.5) is 0 Å². The lowest BCUT2D eigenvalue weighted by atomic mass is 10.2. The minimum atomic E-state index is -3.34. The molecular formula is C12H13ClO6S. The summed E-state index contributed by atoms with van der Waals surface area (Å²) in [6.07, 6.45) is -1.55. The second-order valence-electron chi connectivity index (χ2n) is 4.44. The third kappa shape index (κ3) is 3.05. The van der Waals surface area contributed by atoms with Gasteiger partial charge in [0, 0.05) is 11.1 Å². The zero-order valence-corrected chi connectivity index (χ0v) is 12.1. The van der Waals surface area contributed by atoms with Crippen molar-refractivity contribution in [2.45, 2.75) is 12.2 Å². The topological polar surface area (TPSA) is 89.9 Å². The van der Waals surface area contributed by atoms with E-state index in [1.807, 2.05) is 0 Å². The molecule has 2 atom stereocenters. The van der Waals surface area contributed by atoms with E-state index in [2.05, 4.69) is 0 Å². The van der Waals surface area contributed by atoms with Gasteiger partial charge in [0.15, 0.2) is 27.6 Å². The van der Waals surface area contributed by atoms with E-state index in [1.54, 1.807) is 0 Å². The summed E-state index contributed by atoms with van der Waals surface area (Å²) in [5.74, 6) is -0.383. The lowest BCUT2D eigenvalue weighted by Crippen LogP contribution is -2.30. The van der Waals surface area contributed by atoms with Crippen LogP contribution in [0.5, 0.6) is 11.5 Å². The Hall–Kier alpha value is -1.31. The fourth-order valence-corrected chi connectivity index (χ4v) is 3.89. The molecule has 0 aliphatic carbocycles. The number of carbonyl (C=O) groups is 1. The predicted molar refractivity (Wildman–Crippen MR) is 72.5 cm³/mol. The molecule has 0 aromatic heterocycles. The van der Waals surface area contributed by atoms with E-state index in [0.717, 1.165) is 0 Å². The Morgan fingerprint density at radius 2 is 2.10 bits per heavy atom. The summed E-state index contributed by atoms with van der Waals surface area (Å²) in [5, 5.41) is 10.00. The maximum atomic E-state index is 11.4. The van der Waals surface area contributed by atoms with Crippen molar-refractivity contribution in [3.63, 3.8) is 0 Å². The molecule has 1 fully saturated rings. The summed E-state index contributed by atoms with van der Waals surface area (Å²) in [4.78, 5) is 11.1. The third-order valence-corrected chi connectivity index (χ3v) is 4.84. The van der Waals surface area contributed by atoms with Gasteiger partial charge in [-0.1, -0.05) is 11.6 Å². The van der Waals surface area contributed by atoms with Crippen LogP contribution in [0.2, 0.25) is 5.02 Å². The predicted octanol–water partition coefficient (Wildman–Crippen LogP) is 0.698. The monoisotopic (exact) mass is 320 g/mol. The summed E-state index contributed by atoms with van der Waals surface area (Å²) >= 11 is 5.83. The molecule has 1 aromatic carbocycles. The molecule has 2 unspecified atom stereocenters. The van der Waals surface area contributed by atoms with Crippen molar-refractivity contribution >= 4 is 27.7 Å². The average molecular weight is 321 g/mol. The summed E-state index contributed by atoms with van der Waals surface area (Å²) < 4.78 is 33.4.